The minimum atomic E-state index is 0.689. The van der Waals surface area contributed by atoms with Crippen LogP contribution in [0.5, 0.6) is 0 Å². The minimum absolute atomic E-state index is 0.689. The lowest BCUT2D eigenvalue weighted by Gasteiger charge is -2.05. The molecular formula is C15H10ClNO. The lowest BCUT2D eigenvalue weighted by atomic mass is 10.0. The molecule has 0 saturated carbocycles. The largest absolute Gasteiger partial charge is 0.364 e. The van der Waals surface area contributed by atoms with Crippen LogP contribution in [-0.4, -0.2) is 5.16 Å². The zero-order valence-corrected chi connectivity index (χ0v) is 10.3. The van der Waals surface area contributed by atoms with Crippen LogP contribution in [0, 0.1) is 0 Å². The Bertz CT molecular complexity index is 648. The molecule has 0 N–H and O–H groups in total. The molecule has 0 bridgehead atoms. The van der Waals surface area contributed by atoms with Crippen molar-refractivity contribution in [3.63, 3.8) is 0 Å². The summed E-state index contributed by atoms with van der Waals surface area (Å²) in [6.07, 6.45) is 1.55. The predicted octanol–water partition coefficient (Wildman–Crippen LogP) is 4.66. The van der Waals surface area contributed by atoms with E-state index >= 15 is 0 Å². The van der Waals surface area contributed by atoms with E-state index in [1.54, 1.807) is 6.26 Å². The Morgan fingerprint density at radius 3 is 2.33 bits per heavy atom. The fraction of sp³-hybridized carbons (Fsp3) is 0. The molecule has 0 spiro atoms. The third-order valence-corrected chi connectivity index (χ3v) is 2.96. The van der Waals surface area contributed by atoms with E-state index in [1.165, 1.54) is 0 Å². The molecule has 0 aliphatic rings. The molecule has 2 aromatic carbocycles. The smallest absolute Gasteiger partial charge is 0.124 e. The molecular weight excluding hydrogens is 246 g/mol. The zero-order chi connectivity index (χ0) is 12.4. The summed E-state index contributed by atoms with van der Waals surface area (Å²) in [5.41, 5.74) is 3.94. The van der Waals surface area contributed by atoms with Crippen LogP contribution in [0.3, 0.4) is 0 Å². The van der Waals surface area contributed by atoms with Crippen molar-refractivity contribution in [1.82, 2.24) is 5.16 Å². The molecule has 0 aliphatic carbocycles. The lowest BCUT2D eigenvalue weighted by molar-refractivity contribution is 0.422. The highest BCUT2D eigenvalue weighted by atomic mass is 35.5. The molecule has 0 atom stereocenters. The van der Waals surface area contributed by atoms with Gasteiger partial charge < -0.3 is 4.52 Å². The molecule has 3 rings (SSSR count). The van der Waals surface area contributed by atoms with Crippen LogP contribution in [0.2, 0.25) is 5.02 Å². The van der Waals surface area contributed by atoms with Gasteiger partial charge in [-0.1, -0.05) is 47.1 Å². The molecule has 0 saturated heterocycles. The Morgan fingerprint density at radius 2 is 1.61 bits per heavy atom. The second kappa shape index (κ2) is 4.67. The molecule has 3 heteroatoms. The maximum Gasteiger partial charge on any atom is 0.124 e. The standard InChI is InChI=1S/C15H10ClNO/c16-14-9-12(11-4-2-1-3-5-11)8-13(10-14)15-6-7-18-17-15/h1-10H. The highest BCUT2D eigenvalue weighted by Gasteiger charge is 2.06. The molecule has 0 unspecified atom stereocenters. The Labute approximate surface area is 110 Å². The van der Waals surface area contributed by atoms with Crippen LogP contribution < -0.4 is 0 Å². The number of hydrogen-bond donors (Lipinski definition) is 0. The van der Waals surface area contributed by atoms with Gasteiger partial charge in [0.05, 0.1) is 0 Å². The first kappa shape index (κ1) is 11.1. The minimum Gasteiger partial charge on any atom is -0.364 e. The molecule has 0 fully saturated rings. The van der Waals surface area contributed by atoms with Gasteiger partial charge in [0, 0.05) is 16.7 Å². The van der Waals surface area contributed by atoms with E-state index in [1.807, 2.05) is 36.4 Å². The topological polar surface area (TPSA) is 26.0 Å². The number of hydrogen-bond acceptors (Lipinski definition) is 2. The van der Waals surface area contributed by atoms with E-state index in [-0.39, 0.29) is 0 Å². The maximum atomic E-state index is 6.16. The second-order valence-electron chi connectivity index (χ2n) is 3.98. The summed E-state index contributed by atoms with van der Waals surface area (Å²) in [7, 11) is 0. The van der Waals surface area contributed by atoms with Gasteiger partial charge in [0.15, 0.2) is 0 Å². The van der Waals surface area contributed by atoms with Crippen LogP contribution in [0.1, 0.15) is 0 Å². The van der Waals surface area contributed by atoms with E-state index in [2.05, 4.69) is 23.4 Å². The van der Waals surface area contributed by atoms with E-state index in [0.29, 0.717) is 5.02 Å². The second-order valence-corrected chi connectivity index (χ2v) is 4.42. The van der Waals surface area contributed by atoms with Gasteiger partial charge in [-0.2, -0.15) is 0 Å². The van der Waals surface area contributed by atoms with E-state index in [9.17, 15) is 0 Å². The number of benzene rings is 2. The molecule has 1 aromatic heterocycles. The first-order valence-corrected chi connectivity index (χ1v) is 5.97. The highest BCUT2D eigenvalue weighted by Crippen LogP contribution is 2.29. The first-order chi connectivity index (χ1) is 8.83. The predicted molar refractivity (Wildman–Crippen MR) is 72.4 cm³/mol. The summed E-state index contributed by atoms with van der Waals surface area (Å²) in [6, 6.07) is 17.8. The van der Waals surface area contributed by atoms with Crippen molar-refractivity contribution >= 4 is 11.6 Å². The van der Waals surface area contributed by atoms with Crippen molar-refractivity contribution in [3.8, 4) is 22.4 Å². The molecule has 3 aromatic rings. The van der Waals surface area contributed by atoms with Crippen LogP contribution in [-0.2, 0) is 0 Å². The van der Waals surface area contributed by atoms with Crippen LogP contribution >= 0.6 is 11.6 Å². The number of rotatable bonds is 2. The molecule has 0 aliphatic heterocycles. The van der Waals surface area contributed by atoms with Gasteiger partial charge in [-0.25, -0.2) is 0 Å². The van der Waals surface area contributed by atoms with Crippen LogP contribution in [0.25, 0.3) is 22.4 Å². The average molecular weight is 256 g/mol. The van der Waals surface area contributed by atoms with Gasteiger partial charge in [-0.05, 0) is 29.3 Å². The first-order valence-electron chi connectivity index (χ1n) is 5.60. The monoisotopic (exact) mass is 255 g/mol. The third kappa shape index (κ3) is 2.15. The van der Waals surface area contributed by atoms with E-state index in [0.717, 1.165) is 22.4 Å². The fourth-order valence-corrected chi connectivity index (χ4v) is 2.13. The molecule has 0 radical (unpaired) electrons. The van der Waals surface area contributed by atoms with Crippen molar-refractivity contribution < 1.29 is 4.52 Å². The van der Waals surface area contributed by atoms with Gasteiger partial charge in [-0.3, -0.25) is 0 Å². The maximum absolute atomic E-state index is 6.16. The van der Waals surface area contributed by atoms with Gasteiger partial charge in [0.1, 0.15) is 12.0 Å². The summed E-state index contributed by atoms with van der Waals surface area (Å²) in [6.45, 7) is 0. The van der Waals surface area contributed by atoms with Crippen molar-refractivity contribution in [1.29, 1.82) is 0 Å². The number of nitrogens with zero attached hydrogens (tertiary/aromatic N) is 1. The molecule has 0 amide bonds. The molecule has 18 heavy (non-hydrogen) atoms. The average Bonchev–Trinajstić information content (AvgIpc) is 2.93. The van der Waals surface area contributed by atoms with Crippen molar-refractivity contribution in [2.45, 2.75) is 0 Å². The summed E-state index contributed by atoms with van der Waals surface area (Å²) in [5.74, 6) is 0. The normalized spacial score (nSPS) is 10.5. The lowest BCUT2D eigenvalue weighted by Crippen LogP contribution is -1.82. The van der Waals surface area contributed by atoms with Crippen molar-refractivity contribution in [2.75, 3.05) is 0 Å². The highest BCUT2D eigenvalue weighted by molar-refractivity contribution is 6.31. The SMILES string of the molecule is Clc1cc(-c2ccccc2)cc(-c2ccon2)c1. The fourth-order valence-electron chi connectivity index (χ4n) is 1.90. The Balaban J connectivity index is 2.12. The Kier molecular flexibility index (Phi) is 2.87. The van der Waals surface area contributed by atoms with Crippen molar-refractivity contribution in [2.24, 2.45) is 0 Å². The van der Waals surface area contributed by atoms with Gasteiger partial charge in [-0.15, -0.1) is 0 Å². The summed E-state index contributed by atoms with van der Waals surface area (Å²) < 4.78 is 4.86. The third-order valence-electron chi connectivity index (χ3n) is 2.74. The van der Waals surface area contributed by atoms with E-state index in [4.69, 9.17) is 16.1 Å². The van der Waals surface area contributed by atoms with Gasteiger partial charge >= 0.3 is 0 Å². The molecule has 1 heterocycles. The number of aromatic nitrogens is 1. The number of halogens is 1. The molecule has 2 nitrogen and oxygen atoms in total. The van der Waals surface area contributed by atoms with Crippen molar-refractivity contribution in [3.05, 3.63) is 65.9 Å². The van der Waals surface area contributed by atoms with Crippen LogP contribution in [0.15, 0.2) is 65.4 Å². The van der Waals surface area contributed by atoms with Gasteiger partial charge in [0.25, 0.3) is 0 Å². The quantitative estimate of drug-likeness (QED) is 0.665. The van der Waals surface area contributed by atoms with E-state index < -0.39 is 0 Å². The molecule has 88 valence electrons. The summed E-state index contributed by atoms with van der Waals surface area (Å²) in [5, 5.41) is 4.62. The summed E-state index contributed by atoms with van der Waals surface area (Å²) in [4.78, 5) is 0. The van der Waals surface area contributed by atoms with Crippen LogP contribution in [0.4, 0.5) is 0 Å². The zero-order valence-electron chi connectivity index (χ0n) is 9.51. The van der Waals surface area contributed by atoms with Gasteiger partial charge in [0.2, 0.25) is 0 Å². The summed E-state index contributed by atoms with van der Waals surface area (Å²) >= 11 is 6.16. The Morgan fingerprint density at radius 1 is 0.833 bits per heavy atom. The Hall–Kier alpha value is -2.06.